The van der Waals surface area contributed by atoms with E-state index in [2.05, 4.69) is 10.2 Å². The average molecular weight is 375 g/mol. The van der Waals surface area contributed by atoms with Crippen LogP contribution in [0.3, 0.4) is 0 Å². The van der Waals surface area contributed by atoms with E-state index in [4.69, 9.17) is 0 Å². The van der Waals surface area contributed by atoms with Gasteiger partial charge in [-0.05, 0) is 44.2 Å². The van der Waals surface area contributed by atoms with Gasteiger partial charge in [-0.25, -0.2) is 4.39 Å². The molecule has 6 heteroatoms. The number of carbonyl (C=O) groups is 1. The number of hydrogen-bond acceptors (Lipinski definition) is 4. The molecule has 0 radical (unpaired) electrons. The highest BCUT2D eigenvalue weighted by Gasteiger charge is 2.41. The van der Waals surface area contributed by atoms with Crippen molar-refractivity contribution in [2.24, 2.45) is 0 Å². The number of rotatable bonds is 3. The Morgan fingerprint density at radius 2 is 1.93 bits per heavy atom. The number of halogens is 1. The van der Waals surface area contributed by atoms with Gasteiger partial charge in [-0.1, -0.05) is 18.6 Å². The first-order valence-electron chi connectivity index (χ1n) is 10.3. The Bertz CT molecular complexity index is 675. The quantitative estimate of drug-likeness (QED) is 0.851. The molecule has 0 aromatic heterocycles. The Hall–Kier alpha value is -1.66. The van der Waals surface area contributed by atoms with Crippen LogP contribution in [0, 0.1) is 5.82 Å². The van der Waals surface area contributed by atoms with Crippen molar-refractivity contribution >= 4 is 11.6 Å². The molecule has 3 saturated heterocycles. The minimum absolute atomic E-state index is 0.170. The highest BCUT2D eigenvalue weighted by molar-refractivity contribution is 5.76. The topological polar surface area (TPSA) is 55.8 Å². The van der Waals surface area contributed by atoms with Crippen LogP contribution in [0.1, 0.15) is 44.9 Å². The fourth-order valence-corrected chi connectivity index (χ4v) is 4.99. The molecule has 5 nitrogen and oxygen atoms in total. The summed E-state index contributed by atoms with van der Waals surface area (Å²) < 4.78 is 14.0. The van der Waals surface area contributed by atoms with Gasteiger partial charge in [0.1, 0.15) is 5.82 Å². The molecule has 2 atom stereocenters. The van der Waals surface area contributed by atoms with Gasteiger partial charge < -0.3 is 15.3 Å². The summed E-state index contributed by atoms with van der Waals surface area (Å²) in [4.78, 5) is 16.3. The monoisotopic (exact) mass is 375 g/mol. The molecule has 3 aliphatic heterocycles. The number of nitrogens with zero attached hydrogens (tertiary/aromatic N) is 2. The van der Waals surface area contributed by atoms with E-state index >= 15 is 0 Å². The van der Waals surface area contributed by atoms with Crippen molar-refractivity contribution in [1.82, 2.24) is 10.2 Å². The number of para-hydroxylation sites is 1. The summed E-state index contributed by atoms with van der Waals surface area (Å²) in [6.07, 6.45) is 5.99. The second-order valence-electron chi connectivity index (χ2n) is 8.41. The number of nitrogens with one attached hydrogen (secondary N) is 1. The summed E-state index contributed by atoms with van der Waals surface area (Å²) in [6, 6.07) is 7.41. The fourth-order valence-electron chi connectivity index (χ4n) is 4.99. The number of amides is 1. The van der Waals surface area contributed by atoms with Crippen LogP contribution >= 0.6 is 0 Å². The van der Waals surface area contributed by atoms with Crippen molar-refractivity contribution in [2.45, 2.75) is 62.6 Å². The van der Waals surface area contributed by atoms with Crippen LogP contribution in [0.25, 0.3) is 0 Å². The largest absolute Gasteiger partial charge is 0.388 e. The molecule has 3 heterocycles. The Morgan fingerprint density at radius 1 is 1.15 bits per heavy atom. The van der Waals surface area contributed by atoms with Gasteiger partial charge in [0, 0.05) is 44.7 Å². The Kier molecular flexibility index (Phi) is 5.37. The molecule has 1 aromatic carbocycles. The molecule has 0 bridgehead atoms. The van der Waals surface area contributed by atoms with Gasteiger partial charge >= 0.3 is 0 Å². The Balaban J connectivity index is 1.37. The zero-order valence-corrected chi connectivity index (χ0v) is 15.9. The summed E-state index contributed by atoms with van der Waals surface area (Å²) in [5.74, 6) is -0.0287. The lowest BCUT2D eigenvalue weighted by molar-refractivity contribution is -0.122. The van der Waals surface area contributed by atoms with Crippen LogP contribution < -0.4 is 10.2 Å². The van der Waals surface area contributed by atoms with Crippen molar-refractivity contribution < 1.29 is 14.3 Å². The Labute approximate surface area is 160 Å². The number of anilines is 1. The number of benzene rings is 1. The maximum absolute atomic E-state index is 14.0. The van der Waals surface area contributed by atoms with E-state index < -0.39 is 5.60 Å². The summed E-state index contributed by atoms with van der Waals surface area (Å²) in [5, 5.41) is 14.4. The molecule has 148 valence electrons. The number of piperidine rings is 1. The van der Waals surface area contributed by atoms with E-state index in [0.717, 1.165) is 32.2 Å². The van der Waals surface area contributed by atoms with Crippen LogP contribution in [-0.4, -0.2) is 59.8 Å². The van der Waals surface area contributed by atoms with Gasteiger partial charge in [-0.3, -0.25) is 9.69 Å². The van der Waals surface area contributed by atoms with Crippen molar-refractivity contribution in [1.29, 1.82) is 0 Å². The third-order valence-electron chi connectivity index (χ3n) is 6.55. The van der Waals surface area contributed by atoms with E-state index in [1.807, 2.05) is 17.0 Å². The minimum Gasteiger partial charge on any atom is -0.388 e. The Morgan fingerprint density at radius 3 is 2.70 bits per heavy atom. The summed E-state index contributed by atoms with van der Waals surface area (Å²) in [5.41, 5.74) is -0.105. The zero-order valence-electron chi connectivity index (χ0n) is 15.9. The number of hydrogen-bond donors (Lipinski definition) is 2. The molecule has 1 amide bonds. The van der Waals surface area contributed by atoms with Crippen LogP contribution in [0.5, 0.6) is 0 Å². The third-order valence-corrected chi connectivity index (χ3v) is 6.55. The molecule has 0 aliphatic carbocycles. The maximum Gasteiger partial charge on any atom is 0.220 e. The predicted molar refractivity (Wildman–Crippen MR) is 103 cm³/mol. The van der Waals surface area contributed by atoms with Crippen molar-refractivity contribution in [2.75, 3.05) is 31.1 Å². The van der Waals surface area contributed by atoms with Crippen molar-refractivity contribution in [3.8, 4) is 0 Å². The standard InChI is InChI=1S/C21H30FN3O2/c22-16-5-1-2-6-18(16)24-13-10-21(27,11-14-24)15-25-12-9-17-19(25)7-3-4-8-20(26)23-17/h1-2,5-6,17,19,27H,3-4,7-15H2,(H,23,26)/t17-,19+/m0/s1. The zero-order chi connectivity index (χ0) is 18.9. The molecule has 1 aromatic rings. The van der Waals surface area contributed by atoms with Gasteiger partial charge in [-0.2, -0.15) is 0 Å². The lowest BCUT2D eigenvalue weighted by atomic mass is 9.89. The van der Waals surface area contributed by atoms with Crippen molar-refractivity contribution in [3.63, 3.8) is 0 Å². The fraction of sp³-hybridized carbons (Fsp3) is 0.667. The molecule has 3 fully saturated rings. The first kappa shape index (κ1) is 18.7. The third kappa shape index (κ3) is 4.11. The van der Waals surface area contributed by atoms with E-state index in [9.17, 15) is 14.3 Å². The highest BCUT2D eigenvalue weighted by atomic mass is 19.1. The number of likely N-dealkylation sites (tertiary alicyclic amines) is 1. The second kappa shape index (κ2) is 7.76. The molecule has 4 rings (SSSR count). The van der Waals surface area contributed by atoms with Crippen LogP contribution in [0.15, 0.2) is 24.3 Å². The molecule has 2 N–H and O–H groups in total. The van der Waals surface area contributed by atoms with Gasteiger partial charge in [0.25, 0.3) is 0 Å². The van der Waals surface area contributed by atoms with Crippen LogP contribution in [-0.2, 0) is 4.79 Å². The number of carbonyl (C=O) groups excluding carboxylic acids is 1. The number of β-amino-alcohol motifs (C(OH)–C–C–N with tert-alkyl or cyclic N) is 1. The van der Waals surface area contributed by atoms with E-state index in [0.29, 0.717) is 50.6 Å². The molecule has 0 saturated carbocycles. The maximum atomic E-state index is 14.0. The summed E-state index contributed by atoms with van der Waals surface area (Å²) in [7, 11) is 0. The first-order valence-corrected chi connectivity index (χ1v) is 10.3. The van der Waals surface area contributed by atoms with E-state index in [-0.39, 0.29) is 17.8 Å². The van der Waals surface area contributed by atoms with E-state index in [1.54, 1.807) is 6.07 Å². The average Bonchev–Trinajstić information content (AvgIpc) is 2.98. The van der Waals surface area contributed by atoms with E-state index in [1.165, 1.54) is 6.07 Å². The van der Waals surface area contributed by atoms with Crippen molar-refractivity contribution in [3.05, 3.63) is 30.1 Å². The molecule has 3 aliphatic rings. The van der Waals surface area contributed by atoms with Gasteiger partial charge in [-0.15, -0.1) is 0 Å². The molecular formula is C21H30FN3O2. The predicted octanol–water partition coefficient (Wildman–Crippen LogP) is 2.29. The molecule has 0 unspecified atom stereocenters. The lowest BCUT2D eigenvalue weighted by Crippen LogP contribution is -2.54. The van der Waals surface area contributed by atoms with Gasteiger partial charge in [0.05, 0.1) is 11.3 Å². The first-order chi connectivity index (χ1) is 13.0. The van der Waals surface area contributed by atoms with Gasteiger partial charge in [0.15, 0.2) is 0 Å². The van der Waals surface area contributed by atoms with Crippen LogP contribution in [0.2, 0.25) is 0 Å². The van der Waals surface area contributed by atoms with Crippen LogP contribution in [0.4, 0.5) is 10.1 Å². The summed E-state index contributed by atoms with van der Waals surface area (Å²) >= 11 is 0. The molecular weight excluding hydrogens is 345 g/mol. The summed E-state index contributed by atoms with van der Waals surface area (Å²) in [6.45, 7) is 2.90. The molecule has 0 spiro atoms. The lowest BCUT2D eigenvalue weighted by Gasteiger charge is -2.42. The van der Waals surface area contributed by atoms with Gasteiger partial charge in [0.2, 0.25) is 5.91 Å². The number of fused-ring (bicyclic) bond motifs is 1. The SMILES string of the molecule is O=C1CCCC[C@@H]2[C@H](CCN2CC2(O)CCN(c3ccccc3F)CC2)N1. The normalized spacial score (nSPS) is 29.0. The molecule has 27 heavy (non-hydrogen) atoms. The number of aliphatic hydroxyl groups is 1. The smallest absolute Gasteiger partial charge is 0.220 e. The highest BCUT2D eigenvalue weighted by Crippen LogP contribution is 2.32. The second-order valence-corrected chi connectivity index (χ2v) is 8.41. The minimum atomic E-state index is -0.733.